The minimum atomic E-state index is -1.00. The number of pyridine rings is 1. The molecule has 3 N–H and O–H groups in total. The van der Waals surface area contributed by atoms with Gasteiger partial charge in [0, 0.05) is 30.5 Å². The predicted octanol–water partition coefficient (Wildman–Crippen LogP) is 5.33. The van der Waals surface area contributed by atoms with Crippen LogP contribution in [0, 0.1) is 0 Å². The van der Waals surface area contributed by atoms with Crippen LogP contribution in [-0.2, 0) is 6.42 Å². The van der Waals surface area contributed by atoms with E-state index in [0.717, 1.165) is 23.1 Å². The zero-order valence-corrected chi connectivity index (χ0v) is 21.1. The first-order chi connectivity index (χ1) is 15.3. The first kappa shape index (κ1) is 29.4. The number of aromatic carboxylic acids is 1. The fourth-order valence-electron chi connectivity index (χ4n) is 3.49. The third kappa shape index (κ3) is 8.29. The van der Waals surface area contributed by atoms with Crippen molar-refractivity contribution < 1.29 is 19.7 Å². The number of hydrogen-bond acceptors (Lipinski definition) is 5. The summed E-state index contributed by atoms with van der Waals surface area (Å²) in [5.41, 5.74) is 4.03. The summed E-state index contributed by atoms with van der Waals surface area (Å²) in [7, 11) is 0. The van der Waals surface area contributed by atoms with Crippen LogP contribution in [0.25, 0.3) is 11.1 Å². The van der Waals surface area contributed by atoms with Gasteiger partial charge in [0.05, 0.1) is 12.2 Å². The molecular formula is C26H32Cl2N2O4. The van der Waals surface area contributed by atoms with E-state index in [4.69, 9.17) is 4.74 Å². The molecule has 184 valence electrons. The summed E-state index contributed by atoms with van der Waals surface area (Å²) in [6, 6.07) is 17.2. The SMILES string of the molecule is CC(C)Oc1cc(-c2ccc(C[C@@H](C)NC[C@H](O)c3cccnc3)cc2)ccc1C(=O)O.Cl.Cl. The largest absolute Gasteiger partial charge is 0.490 e. The summed E-state index contributed by atoms with van der Waals surface area (Å²) in [4.78, 5) is 15.5. The first-order valence-corrected chi connectivity index (χ1v) is 10.8. The molecule has 3 rings (SSSR count). The van der Waals surface area contributed by atoms with Crippen molar-refractivity contribution in [3.63, 3.8) is 0 Å². The van der Waals surface area contributed by atoms with Gasteiger partial charge < -0.3 is 20.3 Å². The van der Waals surface area contributed by atoms with Crippen molar-refractivity contribution in [1.82, 2.24) is 10.3 Å². The molecule has 0 unspecified atom stereocenters. The molecule has 3 aromatic rings. The number of nitrogens with one attached hydrogen (secondary N) is 1. The maximum Gasteiger partial charge on any atom is 0.339 e. The van der Waals surface area contributed by atoms with Gasteiger partial charge in [-0.25, -0.2) is 4.79 Å². The van der Waals surface area contributed by atoms with Crippen molar-refractivity contribution in [2.75, 3.05) is 6.54 Å². The van der Waals surface area contributed by atoms with Crippen molar-refractivity contribution in [2.45, 2.75) is 45.4 Å². The quantitative estimate of drug-likeness (QED) is 0.344. The Morgan fingerprint density at radius 2 is 1.71 bits per heavy atom. The molecule has 34 heavy (non-hydrogen) atoms. The number of rotatable bonds is 10. The topological polar surface area (TPSA) is 91.7 Å². The highest BCUT2D eigenvalue weighted by Crippen LogP contribution is 2.28. The first-order valence-electron chi connectivity index (χ1n) is 10.8. The fourth-order valence-corrected chi connectivity index (χ4v) is 3.49. The maximum atomic E-state index is 11.5. The Labute approximate surface area is 213 Å². The number of nitrogens with zero attached hydrogens (tertiary/aromatic N) is 1. The zero-order chi connectivity index (χ0) is 23.1. The van der Waals surface area contributed by atoms with Crippen molar-refractivity contribution in [1.29, 1.82) is 0 Å². The zero-order valence-electron chi connectivity index (χ0n) is 19.5. The Kier molecular flexibility index (Phi) is 12.0. The lowest BCUT2D eigenvalue weighted by molar-refractivity contribution is 0.0690. The minimum absolute atomic E-state index is 0. The van der Waals surface area contributed by atoms with E-state index < -0.39 is 12.1 Å². The molecule has 6 nitrogen and oxygen atoms in total. The van der Waals surface area contributed by atoms with Gasteiger partial charge in [0.2, 0.25) is 0 Å². The molecule has 0 bridgehead atoms. The molecule has 1 aromatic heterocycles. The van der Waals surface area contributed by atoms with E-state index in [0.29, 0.717) is 12.3 Å². The average molecular weight is 507 g/mol. The second-order valence-electron chi connectivity index (χ2n) is 8.20. The normalized spacial score (nSPS) is 12.3. The summed E-state index contributed by atoms with van der Waals surface area (Å²) in [6.07, 6.45) is 3.48. The molecule has 0 amide bonds. The lowest BCUT2D eigenvalue weighted by Gasteiger charge is -2.17. The molecule has 0 aliphatic heterocycles. The number of carboxylic acids is 1. The van der Waals surface area contributed by atoms with E-state index in [2.05, 4.69) is 29.4 Å². The summed E-state index contributed by atoms with van der Waals surface area (Å²) < 4.78 is 5.71. The van der Waals surface area contributed by atoms with Crippen LogP contribution in [0.5, 0.6) is 5.75 Å². The van der Waals surface area contributed by atoms with Crippen molar-refractivity contribution in [3.05, 3.63) is 83.7 Å². The van der Waals surface area contributed by atoms with Crippen molar-refractivity contribution in [3.8, 4) is 16.9 Å². The summed E-state index contributed by atoms with van der Waals surface area (Å²) in [5, 5.41) is 23.0. The van der Waals surface area contributed by atoms with Gasteiger partial charge in [-0.3, -0.25) is 4.98 Å². The van der Waals surface area contributed by atoms with Gasteiger partial charge >= 0.3 is 5.97 Å². The number of carbonyl (C=O) groups is 1. The van der Waals surface area contributed by atoms with E-state index in [9.17, 15) is 15.0 Å². The predicted molar refractivity (Wildman–Crippen MR) is 139 cm³/mol. The minimum Gasteiger partial charge on any atom is -0.490 e. The number of aliphatic hydroxyl groups is 1. The molecule has 1 heterocycles. The van der Waals surface area contributed by atoms with Crippen LogP contribution in [0.15, 0.2) is 67.0 Å². The van der Waals surface area contributed by atoms with Crippen molar-refractivity contribution >= 4 is 30.8 Å². The molecule has 0 spiro atoms. The molecule has 0 fully saturated rings. The van der Waals surface area contributed by atoms with Gasteiger partial charge in [0.1, 0.15) is 11.3 Å². The van der Waals surface area contributed by atoms with Crippen LogP contribution in [0.2, 0.25) is 0 Å². The number of benzene rings is 2. The lowest BCUT2D eigenvalue weighted by atomic mass is 9.99. The lowest BCUT2D eigenvalue weighted by Crippen LogP contribution is -2.32. The smallest absolute Gasteiger partial charge is 0.339 e. The number of aromatic nitrogens is 1. The Hall–Kier alpha value is -2.64. The standard InChI is InChI=1S/C26H30N2O4.2ClH/c1-17(2)32-25-14-21(10-11-23(25)26(30)31)20-8-6-19(7-9-20)13-18(3)28-16-24(29)22-5-4-12-27-15-22;;/h4-12,14-15,17-18,24,28-29H,13,16H2,1-3H3,(H,30,31);2*1H/t18-,24+;;/m1../s1. The van der Waals surface area contributed by atoms with Gasteiger partial charge in [-0.1, -0.05) is 36.4 Å². The van der Waals surface area contributed by atoms with Gasteiger partial charge in [0.25, 0.3) is 0 Å². The van der Waals surface area contributed by atoms with Gasteiger partial charge in [-0.15, -0.1) is 24.8 Å². The van der Waals surface area contributed by atoms with E-state index in [1.54, 1.807) is 30.6 Å². The molecule has 0 radical (unpaired) electrons. The number of carboxylic acid groups (broad SMARTS) is 1. The third-order valence-corrected chi connectivity index (χ3v) is 5.13. The third-order valence-electron chi connectivity index (χ3n) is 5.13. The van der Waals surface area contributed by atoms with E-state index >= 15 is 0 Å². The van der Waals surface area contributed by atoms with Crippen LogP contribution in [0.3, 0.4) is 0 Å². The highest BCUT2D eigenvalue weighted by Gasteiger charge is 2.14. The summed E-state index contributed by atoms with van der Waals surface area (Å²) >= 11 is 0. The fraction of sp³-hybridized carbons (Fsp3) is 0.308. The van der Waals surface area contributed by atoms with E-state index in [1.165, 1.54) is 5.56 Å². The van der Waals surface area contributed by atoms with Crippen molar-refractivity contribution in [2.24, 2.45) is 0 Å². The molecular weight excluding hydrogens is 475 g/mol. The molecule has 0 aliphatic rings. The van der Waals surface area contributed by atoms with Gasteiger partial charge in [-0.05, 0) is 62.1 Å². The Morgan fingerprint density at radius 3 is 2.29 bits per heavy atom. The van der Waals surface area contributed by atoms with Crippen LogP contribution in [-0.4, -0.2) is 39.9 Å². The van der Waals surface area contributed by atoms with Crippen LogP contribution < -0.4 is 10.1 Å². The van der Waals surface area contributed by atoms with Gasteiger partial charge in [0.15, 0.2) is 0 Å². The average Bonchev–Trinajstić information content (AvgIpc) is 2.78. The highest BCUT2D eigenvalue weighted by atomic mass is 35.5. The Balaban J connectivity index is 0.00000289. The molecule has 0 saturated carbocycles. The molecule has 2 atom stereocenters. The number of aliphatic hydroxyl groups excluding tert-OH is 1. The highest BCUT2D eigenvalue weighted by molar-refractivity contribution is 5.92. The van der Waals surface area contributed by atoms with Crippen LogP contribution in [0.4, 0.5) is 0 Å². The Morgan fingerprint density at radius 1 is 1.03 bits per heavy atom. The summed E-state index contributed by atoms with van der Waals surface area (Å²) in [6.45, 7) is 6.29. The molecule has 0 aliphatic carbocycles. The maximum absolute atomic E-state index is 11.5. The van der Waals surface area contributed by atoms with Crippen LogP contribution in [0.1, 0.15) is 48.4 Å². The van der Waals surface area contributed by atoms with E-state index in [-0.39, 0.29) is 42.5 Å². The number of ether oxygens (including phenoxy) is 1. The van der Waals surface area contributed by atoms with Gasteiger partial charge in [-0.2, -0.15) is 0 Å². The Bertz CT molecular complexity index is 1030. The number of hydrogen-bond donors (Lipinski definition) is 3. The van der Waals surface area contributed by atoms with E-state index in [1.807, 2.05) is 38.1 Å². The molecule has 0 saturated heterocycles. The summed E-state index contributed by atoms with van der Waals surface area (Å²) in [5.74, 6) is -0.628. The molecule has 2 aromatic carbocycles. The second kappa shape index (κ2) is 13.9. The molecule has 8 heteroatoms. The van der Waals surface area contributed by atoms with Crippen LogP contribution >= 0.6 is 24.8 Å². The number of halogens is 2. The second-order valence-corrected chi connectivity index (χ2v) is 8.20. The monoisotopic (exact) mass is 506 g/mol.